The number of halogens is 6. The maximum Gasteiger partial charge on any atom is 0.843 e. The molecule has 2 aliphatic heterocycles. The van der Waals surface area contributed by atoms with Crippen LogP contribution < -0.4 is 0 Å². The van der Waals surface area contributed by atoms with Crippen LogP contribution in [0.1, 0.15) is 33.6 Å². The number of alkyl halides is 3. The van der Waals surface area contributed by atoms with Gasteiger partial charge in [-0.2, -0.15) is 13.2 Å². The van der Waals surface area contributed by atoms with E-state index < -0.39 is 20.0 Å². The summed E-state index contributed by atoms with van der Waals surface area (Å²) >= 11 is 0. The van der Waals surface area contributed by atoms with Gasteiger partial charge in [0, 0.05) is 23.7 Å². The monoisotopic (exact) mass is 428 g/mol. The predicted octanol–water partition coefficient (Wildman–Crippen LogP) is 3.28. The highest BCUT2D eigenvalue weighted by Gasteiger charge is 2.46. The van der Waals surface area contributed by atoms with Crippen LogP contribution in [0.15, 0.2) is 0 Å². The van der Waals surface area contributed by atoms with Gasteiger partial charge in [0.15, 0.2) is 0 Å². The van der Waals surface area contributed by atoms with Crippen LogP contribution in [-0.4, -0.2) is 76.4 Å². The topological polar surface area (TPSA) is 61.6 Å². The molecule has 2 rings (SSSR count). The molecule has 0 spiro atoms. The van der Waals surface area contributed by atoms with Gasteiger partial charge in [-0.3, -0.25) is 0 Å². The molecule has 0 aromatic rings. The van der Waals surface area contributed by atoms with Crippen LogP contribution in [0.5, 0.6) is 0 Å². The summed E-state index contributed by atoms with van der Waals surface area (Å²) in [4.78, 5) is 0. The molecule has 0 aromatic heterocycles. The average molecular weight is 428 g/mol. The maximum atomic E-state index is 11.7. The molecule has 0 aliphatic carbocycles. The van der Waals surface area contributed by atoms with Gasteiger partial charge in [0.2, 0.25) is 0 Å². The molecule has 28 heavy (non-hydrogen) atoms. The first-order valence-corrected chi connectivity index (χ1v) is 8.94. The van der Waals surface area contributed by atoms with Crippen molar-refractivity contribution in [1.29, 1.82) is 0 Å². The zero-order valence-corrected chi connectivity index (χ0v) is 16.5. The second-order valence-corrected chi connectivity index (χ2v) is 8.06. The van der Waals surface area contributed by atoms with E-state index in [0.717, 1.165) is 0 Å². The average Bonchev–Trinajstić information content (AvgIpc) is 3.08. The van der Waals surface area contributed by atoms with Crippen molar-refractivity contribution >= 4 is 7.18 Å². The van der Waals surface area contributed by atoms with E-state index in [-0.39, 0.29) is 43.9 Å². The van der Waals surface area contributed by atoms with Gasteiger partial charge >= 0.3 is 13.4 Å². The quantitative estimate of drug-likeness (QED) is 0.388. The number of hydrogen-bond donors (Lipinski definition) is 2. The fraction of sp³-hybridized carbons (Fsp3) is 1.00. The molecule has 0 aromatic carbocycles. The van der Waals surface area contributed by atoms with E-state index in [1.54, 1.807) is 13.8 Å². The zero-order chi connectivity index (χ0) is 22.1. The van der Waals surface area contributed by atoms with Gasteiger partial charge in [-0.1, -0.05) is 20.8 Å². The van der Waals surface area contributed by atoms with E-state index in [9.17, 15) is 26.1 Å². The van der Waals surface area contributed by atoms with Crippen molar-refractivity contribution in [2.24, 2.45) is 10.8 Å². The second kappa shape index (κ2) is 11.6. The normalized spacial score (nSPS) is 19.8. The van der Waals surface area contributed by atoms with Gasteiger partial charge in [0.1, 0.15) is 19.8 Å². The minimum atomic E-state index is -4.76. The number of aliphatic hydroxyl groups excluding tert-OH is 2. The molecule has 170 valence electrons. The minimum absolute atomic E-state index is 0.0451. The molecular formula is C16H31BF6O5. The lowest BCUT2D eigenvalue weighted by Gasteiger charge is -2.37. The van der Waals surface area contributed by atoms with Crippen molar-refractivity contribution < 1.29 is 50.1 Å². The minimum Gasteiger partial charge on any atom is -0.582 e. The van der Waals surface area contributed by atoms with Gasteiger partial charge in [0.05, 0.1) is 33.0 Å². The number of aliphatic hydroxyl groups is 2. The van der Waals surface area contributed by atoms with Gasteiger partial charge in [-0.15, -0.1) is 0 Å². The SMILES string of the molecule is CC(C)(CO)CO.CC1(COCC(F)(F)F)COC1.F[B-](F)(F)[O+]1CCCC1. The van der Waals surface area contributed by atoms with Gasteiger partial charge in [0.25, 0.3) is 0 Å². The summed E-state index contributed by atoms with van der Waals surface area (Å²) in [6, 6.07) is 0. The third-order valence-corrected chi connectivity index (χ3v) is 3.91. The van der Waals surface area contributed by atoms with Crippen molar-refractivity contribution in [2.75, 3.05) is 52.9 Å². The Bertz CT molecular complexity index is 415. The Labute approximate surface area is 161 Å². The molecule has 5 nitrogen and oxygen atoms in total. The summed E-state index contributed by atoms with van der Waals surface area (Å²) in [6.07, 6.45) is -2.90. The number of hydrogen-bond acceptors (Lipinski definition) is 4. The molecule has 12 heteroatoms. The van der Waals surface area contributed by atoms with Crippen molar-refractivity contribution in [2.45, 2.75) is 39.8 Å². The van der Waals surface area contributed by atoms with E-state index in [0.29, 0.717) is 26.1 Å². The molecule has 2 fully saturated rings. The Hall–Kier alpha value is -0.555. The molecular weight excluding hydrogens is 397 g/mol. The molecule has 0 atom stereocenters. The molecule has 0 saturated carbocycles. The Morgan fingerprint density at radius 3 is 1.71 bits per heavy atom. The van der Waals surface area contributed by atoms with Gasteiger partial charge in [-0.05, 0) is 0 Å². The standard InChI is InChI=1S/C7H11F3O2.C5H12O2.C4H8BF3O/c1-6(2-11-3-6)4-12-5-7(8,9)10;1-5(2,3-6)4-7;6-5(7,8)9-3-1-2-4-9/h2-5H2,1H3;6-7H,3-4H2,1-2H3;1-4H2. The fourth-order valence-corrected chi connectivity index (χ4v) is 1.94. The number of ether oxygens (including phenoxy) is 2. The smallest absolute Gasteiger partial charge is 0.582 e. The second-order valence-electron chi connectivity index (χ2n) is 8.06. The first-order valence-electron chi connectivity index (χ1n) is 8.94. The van der Waals surface area contributed by atoms with Crippen molar-refractivity contribution in [3.05, 3.63) is 0 Å². The van der Waals surface area contributed by atoms with Crippen LogP contribution in [0, 0.1) is 10.8 Å². The van der Waals surface area contributed by atoms with Crippen molar-refractivity contribution in [3.63, 3.8) is 0 Å². The Morgan fingerprint density at radius 2 is 1.50 bits per heavy atom. The summed E-state index contributed by atoms with van der Waals surface area (Å²) in [5.41, 5.74) is -0.509. The highest BCUT2D eigenvalue weighted by Crippen LogP contribution is 2.27. The molecule has 0 amide bonds. The van der Waals surface area contributed by atoms with E-state index in [4.69, 9.17) is 14.9 Å². The summed E-state index contributed by atoms with van der Waals surface area (Å²) in [6.45, 7) is 5.72. The van der Waals surface area contributed by atoms with Gasteiger partial charge < -0.3 is 36.9 Å². The van der Waals surface area contributed by atoms with E-state index in [2.05, 4.69) is 4.74 Å². The third-order valence-electron chi connectivity index (χ3n) is 3.91. The van der Waals surface area contributed by atoms with E-state index in [1.165, 1.54) is 4.28 Å². The lowest BCUT2D eigenvalue weighted by atomic mass is 9.90. The lowest BCUT2D eigenvalue weighted by molar-refractivity contribution is -0.200. The zero-order valence-electron chi connectivity index (χ0n) is 16.5. The molecule has 0 unspecified atom stereocenters. The lowest BCUT2D eigenvalue weighted by Crippen LogP contribution is -2.44. The highest BCUT2D eigenvalue weighted by molar-refractivity contribution is 6.52. The summed E-state index contributed by atoms with van der Waals surface area (Å²) < 4.78 is 80.7. The number of rotatable bonds is 6. The van der Waals surface area contributed by atoms with Gasteiger partial charge in [-0.25, -0.2) is 0 Å². The van der Waals surface area contributed by atoms with Crippen molar-refractivity contribution in [1.82, 2.24) is 0 Å². The van der Waals surface area contributed by atoms with Crippen molar-refractivity contribution in [3.8, 4) is 0 Å². The van der Waals surface area contributed by atoms with Crippen LogP contribution in [0.3, 0.4) is 0 Å². The Kier molecular flexibility index (Phi) is 11.4. The van der Waals surface area contributed by atoms with Crippen LogP contribution in [0.4, 0.5) is 26.1 Å². The Balaban J connectivity index is 0.000000408. The van der Waals surface area contributed by atoms with Crippen LogP contribution >= 0.6 is 0 Å². The fourth-order valence-electron chi connectivity index (χ4n) is 1.94. The summed E-state index contributed by atoms with van der Waals surface area (Å²) in [5, 5.41) is 16.9. The molecule has 2 N–H and O–H groups in total. The van der Waals surface area contributed by atoms with E-state index >= 15 is 0 Å². The highest BCUT2D eigenvalue weighted by atomic mass is 19.4. The largest absolute Gasteiger partial charge is 0.843 e. The first-order chi connectivity index (χ1) is 12.6. The third kappa shape index (κ3) is 12.8. The molecule has 0 bridgehead atoms. The molecule has 2 heterocycles. The Morgan fingerprint density at radius 1 is 1.04 bits per heavy atom. The summed E-state index contributed by atoms with van der Waals surface area (Å²) in [5.74, 6) is 0. The van der Waals surface area contributed by atoms with Crippen LogP contribution in [0.25, 0.3) is 0 Å². The van der Waals surface area contributed by atoms with E-state index in [1.807, 2.05) is 6.92 Å². The maximum absolute atomic E-state index is 11.7. The molecule has 2 aliphatic rings. The summed E-state index contributed by atoms with van der Waals surface area (Å²) in [7, 11) is -4.76. The first kappa shape index (κ1) is 27.4. The molecule has 2 saturated heterocycles. The van der Waals surface area contributed by atoms with Crippen LogP contribution in [0.2, 0.25) is 0 Å². The predicted molar refractivity (Wildman–Crippen MR) is 92.9 cm³/mol. The molecule has 0 radical (unpaired) electrons. The van der Waals surface area contributed by atoms with Crippen LogP contribution in [-0.2, 0) is 13.8 Å².